The molecule has 3 heterocycles. The van der Waals surface area contributed by atoms with E-state index in [1.165, 1.54) is 23.5 Å². The zero-order chi connectivity index (χ0) is 24.5. The van der Waals surface area contributed by atoms with Gasteiger partial charge in [-0.15, -0.1) is 11.3 Å². The molecule has 1 amide bonds. The molecule has 1 fully saturated rings. The zero-order valence-corrected chi connectivity index (χ0v) is 19.7. The molecule has 5 rings (SSSR count). The molecule has 2 aromatic carbocycles. The van der Waals surface area contributed by atoms with Crippen LogP contribution in [0.2, 0.25) is 0 Å². The highest BCUT2D eigenvalue weighted by Crippen LogP contribution is 2.30. The van der Waals surface area contributed by atoms with Gasteiger partial charge >= 0.3 is 0 Å². The molecule has 1 aliphatic rings. The summed E-state index contributed by atoms with van der Waals surface area (Å²) in [6.45, 7) is 2.76. The summed E-state index contributed by atoms with van der Waals surface area (Å²) >= 11 is 1.35. The number of aromatic nitrogens is 3. The van der Waals surface area contributed by atoms with Gasteiger partial charge in [0.1, 0.15) is 17.3 Å². The number of benzene rings is 2. The molecule has 1 N–H and O–H groups in total. The summed E-state index contributed by atoms with van der Waals surface area (Å²) in [6.07, 6.45) is 2.66. The maximum atomic E-state index is 13.7. The third-order valence-electron chi connectivity index (χ3n) is 6.15. The number of likely N-dealkylation sites (tertiary alicyclic amines) is 1. The van der Waals surface area contributed by atoms with Crippen LogP contribution < -0.4 is 5.32 Å². The second-order valence-corrected chi connectivity index (χ2v) is 9.33. The van der Waals surface area contributed by atoms with Crippen LogP contribution in [0.4, 0.5) is 19.0 Å². The molecule has 1 atom stereocenters. The van der Waals surface area contributed by atoms with Crippen molar-refractivity contribution in [2.75, 3.05) is 18.4 Å². The third kappa shape index (κ3) is 4.70. The van der Waals surface area contributed by atoms with Crippen LogP contribution in [-0.4, -0.2) is 44.9 Å². The predicted octanol–water partition coefficient (Wildman–Crippen LogP) is 5.59. The summed E-state index contributed by atoms with van der Waals surface area (Å²) < 4.78 is 40.6. The van der Waals surface area contributed by atoms with Crippen LogP contribution in [0.3, 0.4) is 0 Å². The predicted molar refractivity (Wildman–Crippen MR) is 129 cm³/mol. The normalized spacial score (nSPS) is 16.0. The number of aryl methyl sites for hydroxylation is 1. The van der Waals surface area contributed by atoms with Gasteiger partial charge in [0, 0.05) is 31.3 Å². The first-order chi connectivity index (χ1) is 16.9. The van der Waals surface area contributed by atoms with Crippen molar-refractivity contribution < 1.29 is 18.0 Å². The van der Waals surface area contributed by atoms with E-state index in [0.29, 0.717) is 35.2 Å². The third-order valence-corrected chi connectivity index (χ3v) is 7.03. The summed E-state index contributed by atoms with van der Waals surface area (Å²) in [5.41, 5.74) is 3.80. The second-order valence-electron chi connectivity index (χ2n) is 8.48. The van der Waals surface area contributed by atoms with Gasteiger partial charge in [-0.05, 0) is 43.9 Å². The number of halogens is 3. The minimum Gasteiger partial charge on any atom is -0.366 e. The largest absolute Gasteiger partial charge is 0.366 e. The van der Waals surface area contributed by atoms with Crippen LogP contribution in [0.15, 0.2) is 41.9 Å². The summed E-state index contributed by atoms with van der Waals surface area (Å²) in [5.74, 6) is -2.00. The number of hydrogen-bond donors (Lipinski definition) is 1. The van der Waals surface area contributed by atoms with E-state index >= 15 is 0 Å². The molecule has 4 aromatic rings. The molecule has 6 nitrogen and oxygen atoms in total. The number of carbonyl (C=O) groups excluding carboxylic acids is 1. The Balaban J connectivity index is 1.36. The first-order valence-corrected chi connectivity index (χ1v) is 12.2. The van der Waals surface area contributed by atoms with E-state index in [-0.39, 0.29) is 28.8 Å². The number of hydrogen-bond acceptors (Lipinski definition) is 6. The minimum absolute atomic E-state index is 0.110. The highest BCUT2D eigenvalue weighted by atomic mass is 32.1. The van der Waals surface area contributed by atoms with E-state index in [1.54, 1.807) is 24.6 Å². The van der Waals surface area contributed by atoms with Crippen molar-refractivity contribution in [1.82, 2.24) is 19.9 Å². The Bertz CT molecular complexity index is 1390. The Kier molecular flexibility index (Phi) is 6.38. The summed E-state index contributed by atoms with van der Waals surface area (Å²) in [6, 6.07) is 7.96. The molecule has 10 heteroatoms. The fourth-order valence-corrected chi connectivity index (χ4v) is 5.13. The fourth-order valence-electron chi connectivity index (χ4n) is 4.34. The molecular weight excluding hydrogens is 475 g/mol. The van der Waals surface area contributed by atoms with Crippen molar-refractivity contribution in [1.29, 1.82) is 0 Å². The van der Waals surface area contributed by atoms with Gasteiger partial charge in [0.15, 0.2) is 11.6 Å². The lowest BCUT2D eigenvalue weighted by Crippen LogP contribution is -2.47. The van der Waals surface area contributed by atoms with Crippen LogP contribution in [-0.2, 0) is 0 Å². The van der Waals surface area contributed by atoms with Gasteiger partial charge in [-0.25, -0.2) is 28.1 Å². The molecule has 1 saturated heterocycles. The highest BCUT2D eigenvalue weighted by Gasteiger charge is 2.30. The van der Waals surface area contributed by atoms with Crippen molar-refractivity contribution in [3.8, 4) is 10.4 Å². The van der Waals surface area contributed by atoms with Gasteiger partial charge in [0.2, 0.25) is 0 Å². The Morgan fingerprint density at radius 2 is 1.80 bits per heavy atom. The van der Waals surface area contributed by atoms with Crippen LogP contribution in [0.5, 0.6) is 0 Å². The molecule has 0 aliphatic carbocycles. The van der Waals surface area contributed by atoms with Crippen LogP contribution >= 0.6 is 11.3 Å². The maximum Gasteiger partial charge on any atom is 0.274 e. The van der Waals surface area contributed by atoms with Gasteiger partial charge in [-0.2, -0.15) is 0 Å². The zero-order valence-electron chi connectivity index (χ0n) is 18.9. The lowest BCUT2D eigenvalue weighted by Gasteiger charge is -2.35. The molecule has 0 spiro atoms. The van der Waals surface area contributed by atoms with Gasteiger partial charge in [0.25, 0.3) is 5.91 Å². The number of nitrogens with zero attached hydrogens (tertiary/aromatic N) is 4. The van der Waals surface area contributed by atoms with Gasteiger partial charge in [-0.3, -0.25) is 4.79 Å². The molecule has 0 radical (unpaired) electrons. The minimum atomic E-state index is -0.981. The monoisotopic (exact) mass is 497 g/mol. The number of anilines is 1. The Morgan fingerprint density at radius 3 is 2.54 bits per heavy atom. The standard InChI is InChI=1S/C25H22F3N5OS/c1-14-24(32-21-11-19(28)18(27)10-20(21)31-14)29-12-17-4-2-3-9-33(17)25(34)22-23(35-13-30-22)15-5-7-16(26)8-6-15/h5-8,10-11,13,17H,2-4,9,12H2,1H3,(H,29,32)/t17-/m0/s1. The van der Waals surface area contributed by atoms with E-state index in [9.17, 15) is 18.0 Å². The number of carbonyl (C=O) groups is 1. The van der Waals surface area contributed by atoms with Crippen molar-refractivity contribution in [3.63, 3.8) is 0 Å². The number of fused-ring (bicyclic) bond motifs is 1. The number of piperidine rings is 1. The van der Waals surface area contributed by atoms with Crippen molar-refractivity contribution >= 4 is 34.1 Å². The second kappa shape index (κ2) is 9.61. The van der Waals surface area contributed by atoms with E-state index in [1.807, 2.05) is 4.90 Å². The topological polar surface area (TPSA) is 71.0 Å². The molecule has 180 valence electrons. The van der Waals surface area contributed by atoms with Crippen LogP contribution in [0.25, 0.3) is 21.5 Å². The first-order valence-electron chi connectivity index (χ1n) is 11.3. The molecule has 2 aromatic heterocycles. The molecule has 1 aliphatic heterocycles. The number of rotatable bonds is 5. The van der Waals surface area contributed by atoms with E-state index in [2.05, 4.69) is 20.3 Å². The van der Waals surface area contributed by atoms with E-state index in [4.69, 9.17) is 0 Å². The van der Waals surface area contributed by atoms with E-state index in [0.717, 1.165) is 37.0 Å². The van der Waals surface area contributed by atoms with Crippen molar-refractivity contribution in [2.45, 2.75) is 32.2 Å². The Labute approximate surface area is 203 Å². The smallest absolute Gasteiger partial charge is 0.274 e. The quantitative estimate of drug-likeness (QED) is 0.390. The SMILES string of the molecule is Cc1nc2cc(F)c(F)cc2nc1NC[C@@H]1CCCCN1C(=O)c1ncsc1-c1ccc(F)cc1. The number of thiazole rings is 1. The van der Waals surface area contributed by atoms with Gasteiger partial charge < -0.3 is 10.2 Å². The summed E-state index contributed by atoms with van der Waals surface area (Å²) in [5, 5.41) is 3.25. The Morgan fingerprint density at radius 1 is 1.09 bits per heavy atom. The lowest BCUT2D eigenvalue weighted by molar-refractivity contribution is 0.0624. The molecule has 35 heavy (non-hydrogen) atoms. The first kappa shape index (κ1) is 23.2. The highest BCUT2D eigenvalue weighted by molar-refractivity contribution is 7.13. The molecular formula is C25H22F3N5OS. The molecule has 0 bridgehead atoms. The van der Waals surface area contributed by atoms with Crippen LogP contribution in [0, 0.1) is 24.4 Å². The average molecular weight is 498 g/mol. The van der Waals surface area contributed by atoms with Crippen molar-refractivity contribution in [2.24, 2.45) is 0 Å². The van der Waals surface area contributed by atoms with E-state index < -0.39 is 11.6 Å². The fraction of sp³-hybridized carbons (Fsp3) is 0.280. The van der Waals surface area contributed by atoms with Crippen LogP contribution in [0.1, 0.15) is 35.4 Å². The number of nitrogens with one attached hydrogen (secondary N) is 1. The van der Waals surface area contributed by atoms with Gasteiger partial charge in [-0.1, -0.05) is 12.1 Å². The molecule has 0 saturated carbocycles. The number of amides is 1. The maximum absolute atomic E-state index is 13.7. The van der Waals surface area contributed by atoms with Crippen molar-refractivity contribution in [3.05, 3.63) is 70.7 Å². The average Bonchev–Trinajstić information content (AvgIpc) is 3.34. The van der Waals surface area contributed by atoms with Gasteiger partial charge in [0.05, 0.1) is 27.1 Å². The Hall–Kier alpha value is -3.53. The summed E-state index contributed by atoms with van der Waals surface area (Å²) in [4.78, 5) is 29.1. The molecule has 0 unspecified atom stereocenters. The lowest BCUT2D eigenvalue weighted by atomic mass is 10.0. The summed E-state index contributed by atoms with van der Waals surface area (Å²) in [7, 11) is 0.